The number of benzene rings is 2. The van der Waals surface area contributed by atoms with Crippen LogP contribution in [0.4, 0.5) is 5.69 Å². The summed E-state index contributed by atoms with van der Waals surface area (Å²) < 4.78 is 0.183. The van der Waals surface area contributed by atoms with Crippen LogP contribution in [-0.4, -0.2) is 49.7 Å². The molecule has 0 spiro atoms. The van der Waals surface area contributed by atoms with E-state index in [1.165, 1.54) is 0 Å². The Morgan fingerprint density at radius 1 is 1.06 bits per heavy atom. The van der Waals surface area contributed by atoms with E-state index in [1.807, 2.05) is 36.4 Å². The van der Waals surface area contributed by atoms with E-state index in [9.17, 15) is 24.3 Å². The van der Waals surface area contributed by atoms with E-state index in [0.717, 1.165) is 40.4 Å². The molecule has 3 rings (SSSR count). The molecule has 162 valence electrons. The standard InChI is InChI=1S/C22H16N2O6S2/c25-18(23-16-11-14(20(27)28)9-10-15(16)21(29)30)12-24-19(26)17(32-22(24)31)8-4-7-13-5-2-1-3-6-13/h1-11H,12H2,(H,23,25)(H,27,28)(H,29,30)/b7-4+,17-8-. The van der Waals surface area contributed by atoms with Crippen LogP contribution in [0.3, 0.4) is 0 Å². The molecule has 0 aromatic heterocycles. The lowest BCUT2D eigenvalue weighted by Gasteiger charge is -2.15. The van der Waals surface area contributed by atoms with Gasteiger partial charge in [-0.1, -0.05) is 66.5 Å². The Labute approximate surface area is 192 Å². The van der Waals surface area contributed by atoms with Gasteiger partial charge >= 0.3 is 11.9 Å². The normalized spacial score (nSPS) is 14.9. The molecule has 0 aliphatic carbocycles. The molecule has 32 heavy (non-hydrogen) atoms. The number of aromatic carboxylic acids is 2. The Balaban J connectivity index is 1.71. The average Bonchev–Trinajstić information content (AvgIpc) is 3.01. The van der Waals surface area contributed by atoms with Crippen molar-refractivity contribution in [3.8, 4) is 0 Å². The number of thiocarbonyl (C=S) groups is 1. The first kappa shape index (κ1) is 22.9. The van der Waals surface area contributed by atoms with Crippen molar-refractivity contribution in [3.05, 3.63) is 82.3 Å². The number of hydrogen-bond donors (Lipinski definition) is 3. The van der Waals surface area contributed by atoms with Gasteiger partial charge in [-0.05, 0) is 29.8 Å². The van der Waals surface area contributed by atoms with Crippen LogP contribution < -0.4 is 5.32 Å². The molecule has 0 atom stereocenters. The lowest BCUT2D eigenvalue weighted by Crippen LogP contribution is -2.36. The quantitative estimate of drug-likeness (QED) is 0.417. The average molecular weight is 469 g/mol. The molecule has 1 saturated heterocycles. The third-order valence-corrected chi connectivity index (χ3v) is 5.68. The first-order chi connectivity index (χ1) is 15.3. The Morgan fingerprint density at radius 2 is 1.78 bits per heavy atom. The van der Waals surface area contributed by atoms with E-state index in [1.54, 1.807) is 12.2 Å². The highest BCUT2D eigenvalue weighted by Gasteiger charge is 2.33. The van der Waals surface area contributed by atoms with Gasteiger partial charge < -0.3 is 15.5 Å². The SMILES string of the molecule is O=C(CN1C(=O)/C(=C/C=C/c2ccccc2)SC1=S)Nc1cc(C(=O)O)ccc1C(=O)O. The van der Waals surface area contributed by atoms with E-state index in [4.69, 9.17) is 17.3 Å². The van der Waals surface area contributed by atoms with Crippen molar-refractivity contribution in [2.75, 3.05) is 11.9 Å². The monoisotopic (exact) mass is 468 g/mol. The maximum absolute atomic E-state index is 12.6. The molecular formula is C22H16N2O6S2. The summed E-state index contributed by atoms with van der Waals surface area (Å²) in [5, 5.41) is 20.7. The van der Waals surface area contributed by atoms with Gasteiger partial charge in [0.1, 0.15) is 10.9 Å². The zero-order valence-corrected chi connectivity index (χ0v) is 18.0. The molecule has 0 radical (unpaired) electrons. The number of allylic oxidation sites excluding steroid dienone is 2. The highest BCUT2D eigenvalue weighted by atomic mass is 32.2. The minimum atomic E-state index is -1.34. The predicted octanol–water partition coefficient (Wildman–Crippen LogP) is 3.48. The fraction of sp³-hybridized carbons (Fsp3) is 0.0455. The zero-order valence-electron chi connectivity index (χ0n) is 16.3. The van der Waals surface area contributed by atoms with Crippen LogP contribution in [0.5, 0.6) is 0 Å². The third kappa shape index (κ3) is 5.48. The molecular weight excluding hydrogens is 452 g/mol. The highest BCUT2D eigenvalue weighted by Crippen LogP contribution is 2.31. The molecule has 2 amide bonds. The number of amides is 2. The van der Waals surface area contributed by atoms with Crippen molar-refractivity contribution >= 4 is 63.8 Å². The number of carboxylic acid groups (broad SMARTS) is 2. The van der Waals surface area contributed by atoms with Gasteiger partial charge in [0.15, 0.2) is 0 Å². The number of hydrogen-bond acceptors (Lipinski definition) is 6. The van der Waals surface area contributed by atoms with Gasteiger partial charge in [-0.3, -0.25) is 14.5 Å². The van der Waals surface area contributed by atoms with Crippen molar-refractivity contribution in [3.63, 3.8) is 0 Å². The number of nitrogens with zero attached hydrogens (tertiary/aromatic N) is 1. The smallest absolute Gasteiger partial charge is 0.337 e. The first-order valence-electron chi connectivity index (χ1n) is 9.14. The number of carbonyl (C=O) groups is 4. The van der Waals surface area contributed by atoms with Crippen LogP contribution in [0, 0.1) is 0 Å². The minimum absolute atomic E-state index is 0.183. The summed E-state index contributed by atoms with van der Waals surface area (Å²) in [5.74, 6) is -3.78. The van der Waals surface area contributed by atoms with E-state index in [2.05, 4.69) is 5.32 Å². The summed E-state index contributed by atoms with van der Waals surface area (Å²) >= 11 is 6.24. The van der Waals surface area contributed by atoms with E-state index in [-0.39, 0.29) is 21.1 Å². The second kappa shape index (κ2) is 10.0. The second-order valence-electron chi connectivity index (χ2n) is 6.48. The van der Waals surface area contributed by atoms with Crippen molar-refractivity contribution in [1.82, 2.24) is 4.90 Å². The molecule has 2 aromatic rings. The molecule has 1 aliphatic rings. The minimum Gasteiger partial charge on any atom is -0.478 e. The molecule has 3 N–H and O–H groups in total. The fourth-order valence-corrected chi connectivity index (χ4v) is 3.97. The first-order valence-corrected chi connectivity index (χ1v) is 10.4. The topological polar surface area (TPSA) is 124 Å². The fourth-order valence-electron chi connectivity index (χ4n) is 2.76. The number of anilines is 1. The van der Waals surface area contributed by atoms with Crippen LogP contribution in [-0.2, 0) is 9.59 Å². The summed E-state index contributed by atoms with van der Waals surface area (Å²) in [6, 6.07) is 12.7. The number of carbonyl (C=O) groups excluding carboxylic acids is 2. The van der Waals surface area contributed by atoms with Gasteiger partial charge in [0.2, 0.25) is 5.91 Å². The number of thioether (sulfide) groups is 1. The van der Waals surface area contributed by atoms with Crippen molar-refractivity contribution < 1.29 is 29.4 Å². The summed E-state index contributed by atoms with van der Waals surface area (Å²) in [6.07, 6.45) is 5.13. The Morgan fingerprint density at radius 3 is 2.44 bits per heavy atom. The molecule has 10 heteroatoms. The summed E-state index contributed by atoms with van der Waals surface area (Å²) in [4.78, 5) is 49.1. The predicted molar refractivity (Wildman–Crippen MR) is 124 cm³/mol. The zero-order chi connectivity index (χ0) is 23.3. The Hall–Kier alpha value is -3.76. The maximum atomic E-state index is 12.6. The van der Waals surface area contributed by atoms with E-state index < -0.39 is 30.3 Å². The van der Waals surface area contributed by atoms with Crippen LogP contribution in [0.1, 0.15) is 26.3 Å². The van der Waals surface area contributed by atoms with Crippen LogP contribution in [0.25, 0.3) is 6.08 Å². The molecule has 0 saturated carbocycles. The molecule has 2 aromatic carbocycles. The van der Waals surface area contributed by atoms with Crippen LogP contribution >= 0.6 is 24.0 Å². The van der Waals surface area contributed by atoms with Crippen LogP contribution in [0.2, 0.25) is 0 Å². The largest absolute Gasteiger partial charge is 0.478 e. The van der Waals surface area contributed by atoms with Gasteiger partial charge in [0.25, 0.3) is 5.91 Å². The Kier molecular flexibility index (Phi) is 7.18. The summed E-state index contributed by atoms with van der Waals surface area (Å²) in [5.41, 5.74) is 0.300. The van der Waals surface area contributed by atoms with Gasteiger partial charge in [-0.15, -0.1) is 0 Å². The van der Waals surface area contributed by atoms with Crippen molar-refractivity contribution in [2.24, 2.45) is 0 Å². The van der Waals surface area contributed by atoms with E-state index in [0.29, 0.717) is 4.91 Å². The van der Waals surface area contributed by atoms with Crippen LogP contribution in [0.15, 0.2) is 65.6 Å². The molecule has 1 fully saturated rings. The maximum Gasteiger partial charge on any atom is 0.337 e. The lowest BCUT2D eigenvalue weighted by molar-refractivity contribution is -0.126. The van der Waals surface area contributed by atoms with Gasteiger partial charge in [0.05, 0.1) is 21.7 Å². The second-order valence-corrected chi connectivity index (χ2v) is 8.15. The van der Waals surface area contributed by atoms with Gasteiger partial charge in [-0.2, -0.15) is 0 Å². The number of rotatable bonds is 7. The Bertz CT molecular complexity index is 1170. The third-order valence-electron chi connectivity index (χ3n) is 4.28. The van der Waals surface area contributed by atoms with Gasteiger partial charge in [0, 0.05) is 0 Å². The molecule has 8 nitrogen and oxygen atoms in total. The molecule has 0 unspecified atom stereocenters. The number of carboxylic acids is 2. The molecule has 1 heterocycles. The molecule has 1 aliphatic heterocycles. The highest BCUT2D eigenvalue weighted by molar-refractivity contribution is 8.26. The number of nitrogens with one attached hydrogen (secondary N) is 1. The summed E-state index contributed by atoms with van der Waals surface area (Å²) in [6.45, 7) is -0.444. The van der Waals surface area contributed by atoms with Crippen molar-refractivity contribution in [2.45, 2.75) is 0 Å². The summed E-state index contributed by atoms with van der Waals surface area (Å²) in [7, 11) is 0. The van der Waals surface area contributed by atoms with Gasteiger partial charge in [-0.25, -0.2) is 9.59 Å². The van der Waals surface area contributed by atoms with E-state index >= 15 is 0 Å². The lowest BCUT2D eigenvalue weighted by atomic mass is 10.1. The van der Waals surface area contributed by atoms with Crippen molar-refractivity contribution in [1.29, 1.82) is 0 Å². The molecule has 0 bridgehead atoms.